The van der Waals surface area contributed by atoms with Gasteiger partial charge in [-0.3, -0.25) is 9.78 Å². The molecule has 0 aliphatic rings. The second-order valence-corrected chi connectivity index (χ2v) is 4.33. The van der Waals surface area contributed by atoms with Crippen LogP contribution in [0.3, 0.4) is 0 Å². The summed E-state index contributed by atoms with van der Waals surface area (Å²) in [5.41, 5.74) is 0.482. The lowest BCUT2D eigenvalue weighted by Gasteiger charge is -2.16. The standard InChI is InChI=1S/C12H17BrN2O3/c1-17-6-4-9(7-13)15-12(16)10-3-5-14-8-11(10)18-2/h3,5,8-9H,4,6-7H2,1-2H3,(H,15,16). The van der Waals surface area contributed by atoms with Crippen molar-refractivity contribution in [3.63, 3.8) is 0 Å². The minimum Gasteiger partial charge on any atom is -0.494 e. The fraction of sp³-hybridized carbons (Fsp3) is 0.500. The first kappa shape index (κ1) is 14.9. The Morgan fingerprint density at radius 2 is 2.33 bits per heavy atom. The van der Waals surface area contributed by atoms with Gasteiger partial charge in [0.25, 0.3) is 5.91 Å². The molecule has 6 heteroatoms. The fourth-order valence-corrected chi connectivity index (χ4v) is 1.93. The molecule has 1 aromatic rings. The van der Waals surface area contributed by atoms with Crippen LogP contribution in [0, 0.1) is 0 Å². The minimum atomic E-state index is -0.171. The van der Waals surface area contributed by atoms with E-state index in [1.165, 1.54) is 13.3 Å². The summed E-state index contributed by atoms with van der Waals surface area (Å²) < 4.78 is 10.1. The van der Waals surface area contributed by atoms with Crippen molar-refractivity contribution in [1.82, 2.24) is 10.3 Å². The highest BCUT2D eigenvalue weighted by atomic mass is 79.9. The molecule has 0 spiro atoms. The molecule has 1 atom stereocenters. The third-order valence-electron chi connectivity index (χ3n) is 2.44. The predicted octanol–water partition coefficient (Wildman–Crippen LogP) is 1.62. The third kappa shape index (κ3) is 4.27. The molecule has 0 saturated carbocycles. The lowest BCUT2D eigenvalue weighted by molar-refractivity contribution is 0.0927. The molecule has 0 aromatic carbocycles. The van der Waals surface area contributed by atoms with Crippen molar-refractivity contribution in [3.05, 3.63) is 24.0 Å². The van der Waals surface area contributed by atoms with Crippen LogP contribution in [0.4, 0.5) is 0 Å². The Balaban J connectivity index is 2.68. The average Bonchev–Trinajstić information content (AvgIpc) is 2.43. The van der Waals surface area contributed by atoms with Gasteiger partial charge in [0, 0.05) is 31.3 Å². The molecule has 1 unspecified atom stereocenters. The van der Waals surface area contributed by atoms with Gasteiger partial charge in [-0.05, 0) is 12.5 Å². The van der Waals surface area contributed by atoms with Crippen LogP contribution >= 0.6 is 15.9 Å². The van der Waals surface area contributed by atoms with Gasteiger partial charge in [0.15, 0.2) is 0 Å². The van der Waals surface area contributed by atoms with Crippen LogP contribution in [0.5, 0.6) is 5.75 Å². The highest BCUT2D eigenvalue weighted by molar-refractivity contribution is 9.09. The van der Waals surface area contributed by atoms with Gasteiger partial charge in [0.05, 0.1) is 18.9 Å². The average molecular weight is 317 g/mol. The smallest absolute Gasteiger partial charge is 0.255 e. The predicted molar refractivity (Wildman–Crippen MR) is 72.3 cm³/mol. The Kier molecular flexibility index (Phi) is 6.67. The maximum absolute atomic E-state index is 12.1. The maximum atomic E-state index is 12.1. The molecule has 100 valence electrons. The molecular weight excluding hydrogens is 300 g/mol. The van der Waals surface area contributed by atoms with E-state index in [1.54, 1.807) is 19.4 Å². The second-order valence-electron chi connectivity index (χ2n) is 3.68. The summed E-state index contributed by atoms with van der Waals surface area (Å²) in [6, 6.07) is 1.66. The zero-order valence-electron chi connectivity index (χ0n) is 10.5. The van der Waals surface area contributed by atoms with Crippen LogP contribution in [-0.2, 0) is 4.74 Å². The lowest BCUT2D eigenvalue weighted by atomic mass is 10.2. The Bertz CT molecular complexity index is 387. The van der Waals surface area contributed by atoms with Crippen molar-refractivity contribution in [1.29, 1.82) is 0 Å². The van der Waals surface area contributed by atoms with E-state index < -0.39 is 0 Å². The highest BCUT2D eigenvalue weighted by Crippen LogP contribution is 2.15. The van der Waals surface area contributed by atoms with Crippen molar-refractivity contribution in [3.8, 4) is 5.75 Å². The Hall–Kier alpha value is -1.14. The van der Waals surface area contributed by atoms with E-state index in [9.17, 15) is 4.79 Å². The van der Waals surface area contributed by atoms with E-state index in [1.807, 2.05) is 0 Å². The number of hydrogen-bond acceptors (Lipinski definition) is 4. The van der Waals surface area contributed by atoms with E-state index in [0.29, 0.717) is 23.2 Å². The summed E-state index contributed by atoms with van der Waals surface area (Å²) >= 11 is 3.37. The number of nitrogens with zero attached hydrogens (tertiary/aromatic N) is 1. The van der Waals surface area contributed by atoms with E-state index in [2.05, 4.69) is 26.2 Å². The molecule has 1 amide bonds. The van der Waals surface area contributed by atoms with E-state index in [4.69, 9.17) is 9.47 Å². The number of nitrogens with one attached hydrogen (secondary N) is 1. The van der Waals surface area contributed by atoms with Gasteiger partial charge in [-0.15, -0.1) is 0 Å². The van der Waals surface area contributed by atoms with Gasteiger partial charge < -0.3 is 14.8 Å². The molecule has 1 aromatic heterocycles. The van der Waals surface area contributed by atoms with Gasteiger partial charge in [-0.25, -0.2) is 0 Å². The zero-order chi connectivity index (χ0) is 13.4. The lowest BCUT2D eigenvalue weighted by Crippen LogP contribution is -2.37. The molecule has 0 aliphatic heterocycles. The van der Waals surface area contributed by atoms with Crippen molar-refractivity contribution in [2.24, 2.45) is 0 Å². The number of carbonyl (C=O) groups excluding carboxylic acids is 1. The number of carbonyl (C=O) groups is 1. The Labute approximate surface area is 115 Å². The van der Waals surface area contributed by atoms with Gasteiger partial charge in [-0.1, -0.05) is 15.9 Å². The molecule has 1 rings (SSSR count). The van der Waals surface area contributed by atoms with Crippen LogP contribution in [0.15, 0.2) is 18.5 Å². The van der Waals surface area contributed by atoms with Gasteiger partial charge in [0.2, 0.25) is 0 Å². The van der Waals surface area contributed by atoms with Crippen LogP contribution in [-0.4, -0.2) is 43.1 Å². The zero-order valence-corrected chi connectivity index (χ0v) is 12.1. The monoisotopic (exact) mass is 316 g/mol. The number of ether oxygens (including phenoxy) is 2. The molecule has 5 nitrogen and oxygen atoms in total. The molecule has 1 N–H and O–H groups in total. The van der Waals surface area contributed by atoms with Crippen LogP contribution in [0.25, 0.3) is 0 Å². The van der Waals surface area contributed by atoms with Crippen molar-refractivity contribution in [2.75, 3.05) is 26.2 Å². The number of amides is 1. The number of hydrogen-bond donors (Lipinski definition) is 1. The van der Waals surface area contributed by atoms with Crippen LogP contribution in [0.2, 0.25) is 0 Å². The molecule has 0 radical (unpaired) electrons. The van der Waals surface area contributed by atoms with Crippen LogP contribution in [0.1, 0.15) is 16.8 Å². The number of aromatic nitrogens is 1. The molecule has 0 saturated heterocycles. The van der Waals surface area contributed by atoms with E-state index in [0.717, 1.165) is 6.42 Å². The highest BCUT2D eigenvalue weighted by Gasteiger charge is 2.16. The van der Waals surface area contributed by atoms with Gasteiger partial charge in [0.1, 0.15) is 5.75 Å². The SMILES string of the molecule is COCCC(CBr)NC(=O)c1ccncc1OC. The normalized spacial score (nSPS) is 11.9. The Morgan fingerprint density at radius 3 is 2.94 bits per heavy atom. The summed E-state index contributed by atoms with van der Waals surface area (Å²) in [5, 5.41) is 3.60. The molecule has 0 fully saturated rings. The van der Waals surface area contributed by atoms with Crippen LogP contribution < -0.4 is 10.1 Å². The number of alkyl halides is 1. The summed E-state index contributed by atoms with van der Waals surface area (Å²) in [7, 11) is 3.15. The first-order chi connectivity index (χ1) is 8.72. The largest absolute Gasteiger partial charge is 0.494 e. The Morgan fingerprint density at radius 1 is 1.56 bits per heavy atom. The summed E-state index contributed by atoms with van der Waals surface area (Å²) in [6.45, 7) is 0.601. The molecule has 0 bridgehead atoms. The number of methoxy groups -OCH3 is 2. The maximum Gasteiger partial charge on any atom is 0.255 e. The number of pyridine rings is 1. The summed E-state index contributed by atoms with van der Waals surface area (Å²) in [4.78, 5) is 16.0. The number of rotatable bonds is 7. The first-order valence-electron chi connectivity index (χ1n) is 5.56. The van der Waals surface area contributed by atoms with Crippen molar-refractivity contribution >= 4 is 21.8 Å². The third-order valence-corrected chi connectivity index (χ3v) is 3.22. The van der Waals surface area contributed by atoms with Gasteiger partial charge >= 0.3 is 0 Å². The summed E-state index contributed by atoms with van der Waals surface area (Å²) in [6.07, 6.45) is 3.84. The minimum absolute atomic E-state index is 0.0234. The quantitative estimate of drug-likeness (QED) is 0.777. The topological polar surface area (TPSA) is 60.5 Å². The van der Waals surface area contributed by atoms with Crippen molar-refractivity contribution < 1.29 is 14.3 Å². The summed E-state index contributed by atoms with van der Waals surface area (Å²) in [5.74, 6) is 0.296. The fourth-order valence-electron chi connectivity index (χ4n) is 1.44. The van der Waals surface area contributed by atoms with Crippen molar-refractivity contribution in [2.45, 2.75) is 12.5 Å². The first-order valence-corrected chi connectivity index (χ1v) is 6.68. The molecular formula is C12H17BrN2O3. The van der Waals surface area contributed by atoms with E-state index >= 15 is 0 Å². The molecule has 18 heavy (non-hydrogen) atoms. The van der Waals surface area contributed by atoms with Gasteiger partial charge in [-0.2, -0.15) is 0 Å². The van der Waals surface area contributed by atoms with E-state index in [-0.39, 0.29) is 11.9 Å². The second kappa shape index (κ2) is 8.05. The molecule has 1 heterocycles. The number of halogens is 1. The molecule has 0 aliphatic carbocycles.